The van der Waals surface area contributed by atoms with Crippen LogP contribution in [0.1, 0.15) is 219 Å². The van der Waals surface area contributed by atoms with Crippen LogP contribution in [0.4, 0.5) is 0 Å². The number of unbranched alkanes of at least 4 members (excludes halogenated alkanes) is 28. The number of carbonyl (C=O) groups excluding carboxylic acids is 1. The fraction of sp³-hybridized carbons (Fsp3) is 0.943. The van der Waals surface area contributed by atoms with Gasteiger partial charge in [0, 0.05) is 13.0 Å². The molecule has 0 aromatic rings. The number of hydrogen-bond acceptors (Lipinski definition) is 14. The molecule has 2 saturated heterocycles. The summed E-state index contributed by atoms with van der Waals surface area (Å²) in [6, 6.07) is 0. The first-order valence-electron chi connectivity index (χ1n) is 27.3. The van der Waals surface area contributed by atoms with E-state index in [0.717, 1.165) is 38.5 Å². The van der Waals surface area contributed by atoms with Gasteiger partial charge in [0.2, 0.25) is 0 Å². The Kier molecular flexibility index (Phi) is 38.2. The normalized spacial score (nSPS) is 26.1. The van der Waals surface area contributed by atoms with Crippen LogP contribution in [0.15, 0.2) is 12.2 Å². The average Bonchev–Trinajstić information content (AvgIpc) is 3.32. The summed E-state index contributed by atoms with van der Waals surface area (Å²) in [6.07, 6.45) is 27.1. The SMILES string of the molecule is CCCCCCCCCC/C=C\CCCCCCCCCCCCOCC(COC1OC(COC2OC(CO)C(O)C(O)C2O)C(O)C(O)C1O)OC(=O)CCCCCCCCCCCCC. The zero-order valence-corrected chi connectivity index (χ0v) is 42.2. The third-order valence-corrected chi connectivity index (χ3v) is 13.3. The molecular weight excluding hydrogens is 861 g/mol. The molecule has 2 aliphatic rings. The highest BCUT2D eigenvalue weighted by atomic mass is 16.7. The van der Waals surface area contributed by atoms with E-state index in [1.165, 1.54) is 154 Å². The van der Waals surface area contributed by atoms with E-state index in [1.54, 1.807) is 0 Å². The zero-order chi connectivity index (χ0) is 48.7. The van der Waals surface area contributed by atoms with Gasteiger partial charge < -0.3 is 64.2 Å². The number of aliphatic hydroxyl groups excluding tert-OH is 7. The second-order valence-electron chi connectivity index (χ2n) is 19.4. The Morgan fingerprint density at radius 1 is 0.478 bits per heavy atom. The summed E-state index contributed by atoms with van der Waals surface area (Å²) in [7, 11) is 0. The van der Waals surface area contributed by atoms with Crippen LogP contribution in [0.3, 0.4) is 0 Å². The molecule has 14 heteroatoms. The summed E-state index contributed by atoms with van der Waals surface area (Å²) < 4.78 is 34.3. The monoisotopic (exact) mass is 961 g/mol. The Bertz CT molecular complexity index is 1160. The molecule has 0 aromatic carbocycles. The third-order valence-electron chi connectivity index (χ3n) is 13.3. The lowest BCUT2D eigenvalue weighted by Crippen LogP contribution is -2.61. The number of esters is 1. The summed E-state index contributed by atoms with van der Waals surface area (Å²) >= 11 is 0. The molecule has 0 radical (unpaired) electrons. The van der Waals surface area contributed by atoms with Gasteiger partial charge in [0.15, 0.2) is 12.6 Å². The van der Waals surface area contributed by atoms with E-state index >= 15 is 0 Å². The van der Waals surface area contributed by atoms with E-state index < -0.39 is 80.7 Å². The molecule has 2 heterocycles. The number of aliphatic hydroxyl groups is 7. The van der Waals surface area contributed by atoms with E-state index in [0.29, 0.717) is 13.0 Å². The van der Waals surface area contributed by atoms with Crippen molar-refractivity contribution in [1.82, 2.24) is 0 Å². The molecule has 7 N–H and O–H groups in total. The van der Waals surface area contributed by atoms with Crippen LogP contribution in [0.5, 0.6) is 0 Å². The molecule has 0 aromatic heterocycles. The second kappa shape index (κ2) is 41.4. The van der Waals surface area contributed by atoms with Crippen LogP contribution in [0.2, 0.25) is 0 Å². The van der Waals surface area contributed by atoms with Crippen LogP contribution in [0.25, 0.3) is 0 Å². The van der Waals surface area contributed by atoms with Crippen molar-refractivity contribution in [2.45, 2.75) is 287 Å². The lowest BCUT2D eigenvalue weighted by Gasteiger charge is -2.42. The van der Waals surface area contributed by atoms with Gasteiger partial charge in [-0.05, 0) is 38.5 Å². The Labute approximate surface area is 405 Å². The number of allylic oxidation sites excluding steroid dienone is 2. The maximum atomic E-state index is 13.0. The maximum Gasteiger partial charge on any atom is 0.306 e. The third kappa shape index (κ3) is 29.0. The predicted octanol–water partition coefficient (Wildman–Crippen LogP) is 8.63. The van der Waals surface area contributed by atoms with Crippen LogP contribution in [-0.2, 0) is 33.2 Å². The minimum Gasteiger partial charge on any atom is -0.457 e. The molecule has 2 aliphatic heterocycles. The van der Waals surface area contributed by atoms with Gasteiger partial charge in [-0.2, -0.15) is 0 Å². The Hall–Kier alpha value is -1.27. The molecule has 0 spiro atoms. The second-order valence-corrected chi connectivity index (χ2v) is 19.4. The molecule has 396 valence electrons. The molecule has 2 rings (SSSR count). The van der Waals surface area contributed by atoms with Crippen molar-refractivity contribution < 1.29 is 69.0 Å². The maximum absolute atomic E-state index is 13.0. The standard InChI is InChI=1S/C53H100O14/c1-3-5-7-9-11-13-15-16-17-18-19-20-21-22-23-24-25-27-29-31-33-35-37-62-39-42(65-45(55)36-34-32-30-28-26-14-12-10-8-6-4-2)40-63-52-51(61)49(59)47(57)44(67-52)41-64-53-50(60)48(58)46(56)43(38-54)66-53/h18-19,42-44,46-54,56-61H,3-17,20-41H2,1-2H3/b19-18-. The van der Waals surface area contributed by atoms with Gasteiger partial charge in [0.05, 0.1) is 26.4 Å². The quantitative estimate of drug-likeness (QED) is 0.0173. The minimum atomic E-state index is -1.70. The van der Waals surface area contributed by atoms with Crippen molar-refractivity contribution in [3.05, 3.63) is 12.2 Å². The summed E-state index contributed by atoms with van der Waals surface area (Å²) in [5.41, 5.74) is 0. The van der Waals surface area contributed by atoms with Gasteiger partial charge in [-0.15, -0.1) is 0 Å². The van der Waals surface area contributed by atoms with Gasteiger partial charge in [0.1, 0.15) is 54.9 Å². The first-order valence-corrected chi connectivity index (χ1v) is 27.3. The van der Waals surface area contributed by atoms with Gasteiger partial charge in [-0.3, -0.25) is 4.79 Å². The summed E-state index contributed by atoms with van der Waals surface area (Å²) in [5.74, 6) is -0.374. The predicted molar refractivity (Wildman–Crippen MR) is 261 cm³/mol. The van der Waals surface area contributed by atoms with Crippen LogP contribution in [-0.4, -0.2) is 142 Å². The molecule has 0 amide bonds. The first kappa shape index (κ1) is 61.8. The summed E-state index contributed by atoms with van der Waals surface area (Å²) in [5, 5.41) is 72.1. The van der Waals surface area contributed by atoms with Crippen LogP contribution >= 0.6 is 0 Å². The molecule has 0 bridgehead atoms. The van der Waals surface area contributed by atoms with Crippen molar-refractivity contribution in [2.24, 2.45) is 0 Å². The summed E-state index contributed by atoms with van der Waals surface area (Å²) in [6.45, 7) is 3.71. The van der Waals surface area contributed by atoms with E-state index in [9.17, 15) is 40.5 Å². The largest absolute Gasteiger partial charge is 0.457 e. The van der Waals surface area contributed by atoms with Crippen molar-refractivity contribution >= 4 is 5.97 Å². The summed E-state index contributed by atoms with van der Waals surface area (Å²) in [4.78, 5) is 13.0. The van der Waals surface area contributed by atoms with Crippen molar-refractivity contribution in [2.75, 3.05) is 33.0 Å². The van der Waals surface area contributed by atoms with E-state index in [1.807, 2.05) is 0 Å². The number of carbonyl (C=O) groups is 1. The van der Waals surface area contributed by atoms with Crippen molar-refractivity contribution in [3.8, 4) is 0 Å². The van der Waals surface area contributed by atoms with Crippen LogP contribution < -0.4 is 0 Å². The highest BCUT2D eigenvalue weighted by molar-refractivity contribution is 5.69. The minimum absolute atomic E-state index is 0.0662. The fourth-order valence-corrected chi connectivity index (χ4v) is 8.81. The zero-order valence-electron chi connectivity index (χ0n) is 42.2. The van der Waals surface area contributed by atoms with Gasteiger partial charge in [0.25, 0.3) is 0 Å². The smallest absolute Gasteiger partial charge is 0.306 e. The van der Waals surface area contributed by atoms with Crippen molar-refractivity contribution in [3.63, 3.8) is 0 Å². The highest BCUT2D eigenvalue weighted by Gasteiger charge is 2.47. The lowest BCUT2D eigenvalue weighted by molar-refractivity contribution is -0.332. The molecule has 2 fully saturated rings. The van der Waals surface area contributed by atoms with Gasteiger partial charge in [-0.1, -0.05) is 187 Å². The molecule has 11 atom stereocenters. The number of ether oxygens (including phenoxy) is 6. The Morgan fingerprint density at radius 3 is 1.36 bits per heavy atom. The topological polar surface area (TPSA) is 214 Å². The number of hydrogen-bond donors (Lipinski definition) is 7. The van der Waals surface area contributed by atoms with E-state index in [2.05, 4.69) is 26.0 Å². The highest BCUT2D eigenvalue weighted by Crippen LogP contribution is 2.27. The average molecular weight is 961 g/mol. The Morgan fingerprint density at radius 2 is 0.881 bits per heavy atom. The lowest BCUT2D eigenvalue weighted by atomic mass is 9.98. The molecule has 14 nitrogen and oxygen atoms in total. The molecule has 67 heavy (non-hydrogen) atoms. The number of rotatable bonds is 44. The molecular formula is C53H100O14. The molecule has 0 aliphatic carbocycles. The van der Waals surface area contributed by atoms with Gasteiger partial charge in [-0.25, -0.2) is 0 Å². The molecule has 11 unspecified atom stereocenters. The molecule has 0 saturated carbocycles. The van der Waals surface area contributed by atoms with E-state index in [4.69, 9.17) is 28.4 Å². The first-order chi connectivity index (χ1) is 32.6. The van der Waals surface area contributed by atoms with Crippen molar-refractivity contribution in [1.29, 1.82) is 0 Å². The van der Waals surface area contributed by atoms with Gasteiger partial charge >= 0.3 is 5.97 Å². The Balaban J connectivity index is 1.70. The fourth-order valence-electron chi connectivity index (χ4n) is 8.81. The van der Waals surface area contributed by atoms with Crippen LogP contribution in [0, 0.1) is 0 Å². The van der Waals surface area contributed by atoms with E-state index in [-0.39, 0.29) is 25.6 Å².